The van der Waals surface area contributed by atoms with Crippen molar-refractivity contribution in [3.63, 3.8) is 0 Å². The van der Waals surface area contributed by atoms with Crippen LogP contribution in [0.3, 0.4) is 0 Å². The Balaban J connectivity index is 2.26. The summed E-state index contributed by atoms with van der Waals surface area (Å²) in [5.74, 6) is 0.487. The largest absolute Gasteiger partial charge is 0.326 e. The molecule has 148 valence electrons. The number of hydrogen-bond acceptors (Lipinski definition) is 3. The van der Waals surface area contributed by atoms with Gasteiger partial charge in [0.05, 0.1) is 22.3 Å². The second-order valence-electron chi connectivity index (χ2n) is 8.23. The first-order valence-corrected chi connectivity index (χ1v) is 12.9. The highest BCUT2D eigenvalue weighted by Crippen LogP contribution is 2.42. The second kappa shape index (κ2) is 9.14. The van der Waals surface area contributed by atoms with Crippen molar-refractivity contribution in [2.24, 2.45) is 5.92 Å². The number of nitrogens with one attached hydrogen (secondary N) is 1. The quantitative estimate of drug-likeness (QED) is 0.662. The Labute approximate surface area is 161 Å². The average Bonchev–Trinajstić information content (AvgIpc) is 2.59. The first-order chi connectivity index (χ1) is 12.1. The molecule has 3 atom stereocenters. The van der Waals surface area contributed by atoms with Gasteiger partial charge < -0.3 is 4.52 Å². The van der Waals surface area contributed by atoms with Crippen molar-refractivity contribution in [3.8, 4) is 0 Å². The van der Waals surface area contributed by atoms with Crippen LogP contribution < -0.4 is 10.0 Å². The van der Waals surface area contributed by atoms with Crippen molar-refractivity contribution in [1.29, 1.82) is 0 Å². The van der Waals surface area contributed by atoms with Crippen molar-refractivity contribution in [2.45, 2.75) is 70.6 Å². The van der Waals surface area contributed by atoms with Gasteiger partial charge in [-0.2, -0.15) is 0 Å². The normalized spacial score (nSPS) is 21.1. The van der Waals surface area contributed by atoms with Gasteiger partial charge in [-0.1, -0.05) is 31.4 Å². The minimum Gasteiger partial charge on any atom is -0.326 e. The highest BCUT2D eigenvalue weighted by Gasteiger charge is 2.30. The van der Waals surface area contributed by atoms with Gasteiger partial charge >= 0.3 is 0 Å². The molecule has 6 heteroatoms. The molecular formula is C20H34NO3PS. The molecule has 0 heterocycles. The van der Waals surface area contributed by atoms with Crippen LogP contribution in [0.15, 0.2) is 24.3 Å². The molecule has 26 heavy (non-hydrogen) atoms. The molecule has 2 rings (SSSR count). The van der Waals surface area contributed by atoms with E-state index in [2.05, 4.69) is 4.72 Å². The van der Waals surface area contributed by atoms with Gasteiger partial charge in [-0.25, -0.2) is 8.93 Å². The summed E-state index contributed by atoms with van der Waals surface area (Å²) >= 11 is 0. The number of hydrogen-bond donors (Lipinski definition) is 1. The lowest BCUT2D eigenvalue weighted by atomic mass is 9.81. The van der Waals surface area contributed by atoms with Crippen LogP contribution in [0.25, 0.3) is 0 Å². The van der Waals surface area contributed by atoms with Crippen LogP contribution in [0.2, 0.25) is 0 Å². The summed E-state index contributed by atoms with van der Waals surface area (Å²) in [6, 6.07) is 7.92. The van der Waals surface area contributed by atoms with E-state index >= 15 is 0 Å². The summed E-state index contributed by atoms with van der Waals surface area (Å²) in [5.41, 5.74) is 1.12. The van der Waals surface area contributed by atoms with E-state index < -0.39 is 18.4 Å². The van der Waals surface area contributed by atoms with E-state index in [9.17, 15) is 8.77 Å². The van der Waals surface area contributed by atoms with E-state index in [1.165, 1.54) is 19.3 Å². The lowest BCUT2D eigenvalue weighted by Gasteiger charge is -2.33. The Bertz CT molecular complexity index is 648. The predicted molar refractivity (Wildman–Crippen MR) is 112 cm³/mol. The first kappa shape index (κ1) is 21.8. The van der Waals surface area contributed by atoms with E-state index in [4.69, 9.17) is 4.52 Å². The smallest absolute Gasteiger partial charge is 0.229 e. The highest BCUT2D eigenvalue weighted by atomic mass is 32.2. The van der Waals surface area contributed by atoms with E-state index in [0.717, 1.165) is 23.7 Å². The van der Waals surface area contributed by atoms with Crippen molar-refractivity contribution in [3.05, 3.63) is 29.8 Å². The van der Waals surface area contributed by atoms with Gasteiger partial charge in [0.1, 0.15) is 0 Å². The lowest BCUT2D eigenvalue weighted by Crippen LogP contribution is -2.39. The molecule has 1 aliphatic carbocycles. The average molecular weight is 400 g/mol. The molecule has 0 spiro atoms. The second-order valence-corrected chi connectivity index (χ2v) is 12.7. The fraction of sp³-hybridized carbons (Fsp3) is 0.700. The molecule has 0 aliphatic heterocycles. The third-order valence-corrected chi connectivity index (χ3v) is 8.58. The zero-order valence-electron chi connectivity index (χ0n) is 16.8. The molecule has 0 amide bonds. The molecule has 1 N–H and O–H groups in total. The third kappa shape index (κ3) is 5.76. The Hall–Kier alpha value is -0.480. The zero-order valence-corrected chi connectivity index (χ0v) is 18.5. The van der Waals surface area contributed by atoms with Crippen LogP contribution in [-0.4, -0.2) is 22.2 Å². The first-order valence-electron chi connectivity index (χ1n) is 9.66. The molecule has 0 saturated heterocycles. The molecule has 0 bridgehead atoms. The van der Waals surface area contributed by atoms with Crippen LogP contribution in [0.5, 0.6) is 0 Å². The number of rotatable bonds is 7. The lowest BCUT2D eigenvalue weighted by molar-refractivity contribution is 0.295. The van der Waals surface area contributed by atoms with Crippen LogP contribution in [0.4, 0.5) is 0 Å². The predicted octanol–water partition coefficient (Wildman–Crippen LogP) is 4.93. The third-order valence-electron chi connectivity index (χ3n) is 5.01. The summed E-state index contributed by atoms with van der Waals surface area (Å²) in [6.45, 7) is 9.93. The van der Waals surface area contributed by atoms with Crippen LogP contribution in [0, 0.1) is 5.92 Å². The van der Waals surface area contributed by atoms with Crippen molar-refractivity contribution < 1.29 is 13.3 Å². The molecular weight excluding hydrogens is 365 g/mol. The Morgan fingerprint density at radius 3 is 2.27 bits per heavy atom. The summed E-state index contributed by atoms with van der Waals surface area (Å²) in [7, 11) is -3.89. The highest BCUT2D eigenvalue weighted by molar-refractivity contribution is 7.84. The van der Waals surface area contributed by atoms with E-state index in [1.807, 2.05) is 52.0 Å². The van der Waals surface area contributed by atoms with Gasteiger partial charge in [-0.05, 0) is 64.2 Å². The van der Waals surface area contributed by atoms with Gasteiger partial charge in [0.2, 0.25) is 7.37 Å². The van der Waals surface area contributed by atoms with Gasteiger partial charge in [-0.3, -0.25) is 4.57 Å². The molecule has 1 saturated carbocycles. The molecule has 0 radical (unpaired) electrons. The van der Waals surface area contributed by atoms with Crippen LogP contribution in [-0.2, 0) is 20.1 Å². The summed E-state index contributed by atoms with van der Waals surface area (Å²) in [4.78, 5) is 0. The van der Waals surface area contributed by atoms with Gasteiger partial charge in [0, 0.05) is 18.0 Å². The fourth-order valence-corrected chi connectivity index (χ4v) is 5.71. The maximum absolute atomic E-state index is 12.7. The van der Waals surface area contributed by atoms with Crippen LogP contribution in [0.1, 0.15) is 71.4 Å². The van der Waals surface area contributed by atoms with Gasteiger partial charge in [-0.15, -0.1) is 0 Å². The Morgan fingerprint density at radius 2 is 1.77 bits per heavy atom. The molecule has 1 aliphatic rings. The molecule has 4 nitrogen and oxygen atoms in total. The summed E-state index contributed by atoms with van der Waals surface area (Å²) in [6.07, 6.45) is 6.07. The topological polar surface area (TPSA) is 55.4 Å². The maximum atomic E-state index is 12.7. The standard InChI is InChI=1S/C20H34NO3PS/c1-6-24-25(5,22)18-14-12-17(13-15-18)19(16-10-8-7-9-11-16)21-26(23)20(2,3)4/h12-16,19,21H,6-11H2,1-5H3. The van der Waals surface area contributed by atoms with E-state index in [0.29, 0.717) is 12.5 Å². The minimum atomic E-state index is -2.76. The van der Waals surface area contributed by atoms with Gasteiger partial charge in [0.15, 0.2) is 0 Å². The molecule has 1 aromatic carbocycles. The SMILES string of the molecule is CCOP(C)(=O)c1ccc(C(NS(=O)C(C)(C)C)C2CCCCC2)cc1. The van der Waals surface area contributed by atoms with Crippen molar-refractivity contribution in [2.75, 3.05) is 13.3 Å². The monoisotopic (exact) mass is 399 g/mol. The number of benzene rings is 1. The minimum absolute atomic E-state index is 0.0627. The Morgan fingerprint density at radius 1 is 1.19 bits per heavy atom. The van der Waals surface area contributed by atoms with E-state index in [1.54, 1.807) is 6.66 Å². The molecule has 1 fully saturated rings. The zero-order chi connectivity index (χ0) is 19.4. The van der Waals surface area contributed by atoms with Crippen LogP contribution >= 0.6 is 7.37 Å². The molecule has 3 unspecified atom stereocenters. The molecule has 0 aromatic heterocycles. The summed E-state index contributed by atoms with van der Waals surface area (Å²) in [5, 5.41) is 0.738. The van der Waals surface area contributed by atoms with Crippen molar-refractivity contribution >= 4 is 23.7 Å². The van der Waals surface area contributed by atoms with Gasteiger partial charge in [0.25, 0.3) is 0 Å². The van der Waals surface area contributed by atoms with E-state index in [-0.39, 0.29) is 10.8 Å². The summed E-state index contributed by atoms with van der Waals surface area (Å²) < 4.78 is 33.9. The maximum Gasteiger partial charge on any atom is 0.229 e. The fourth-order valence-electron chi connectivity index (χ4n) is 3.47. The Kier molecular flexibility index (Phi) is 7.67. The molecule has 1 aromatic rings. The van der Waals surface area contributed by atoms with Crippen molar-refractivity contribution in [1.82, 2.24) is 4.72 Å².